The molecular weight excluding hydrogens is 274 g/mol. The van der Waals surface area contributed by atoms with E-state index in [1.807, 2.05) is 0 Å². The molecule has 1 aromatic rings. The fraction of sp³-hybridized carbons (Fsp3) is 0.636. The second-order valence-corrected chi connectivity index (χ2v) is 7.04. The summed E-state index contributed by atoms with van der Waals surface area (Å²) >= 11 is 5.78. The van der Waals surface area contributed by atoms with Crippen molar-refractivity contribution in [2.75, 3.05) is 19.3 Å². The Bertz CT molecular complexity index is 521. The smallest absolute Gasteiger partial charge is 0.211 e. The van der Waals surface area contributed by atoms with E-state index in [1.54, 1.807) is 10.5 Å². The van der Waals surface area contributed by atoms with Gasteiger partial charge in [-0.2, -0.15) is 0 Å². The third kappa shape index (κ3) is 3.63. The summed E-state index contributed by atoms with van der Waals surface area (Å²) in [5, 5.41) is 0.378. The molecule has 0 N–H and O–H groups in total. The highest BCUT2D eigenvalue weighted by atomic mass is 35.5. The largest absolute Gasteiger partial charge is 0.260 e. The molecule has 0 saturated carbocycles. The van der Waals surface area contributed by atoms with Gasteiger partial charge in [-0.1, -0.05) is 11.6 Å². The average molecular weight is 290 g/mol. The Hall–Kier alpha value is -0.720. The second-order valence-electron chi connectivity index (χ2n) is 4.67. The van der Waals surface area contributed by atoms with Gasteiger partial charge in [0.15, 0.2) is 0 Å². The zero-order valence-corrected chi connectivity index (χ0v) is 11.8. The minimum atomic E-state index is -3.09. The van der Waals surface area contributed by atoms with Crippen LogP contribution >= 0.6 is 11.6 Å². The molecule has 1 aliphatic rings. The molecule has 5 nitrogen and oxygen atoms in total. The third-order valence-electron chi connectivity index (χ3n) is 3.10. The molecule has 2 heterocycles. The molecule has 0 aliphatic carbocycles. The fourth-order valence-electron chi connectivity index (χ4n) is 2.27. The Morgan fingerprint density at radius 1 is 1.50 bits per heavy atom. The molecule has 100 valence electrons. The van der Waals surface area contributed by atoms with Crippen molar-refractivity contribution in [3.8, 4) is 0 Å². The number of nitrogens with zero attached hydrogens (tertiary/aromatic N) is 3. The minimum absolute atomic E-state index is 0.293. The van der Waals surface area contributed by atoms with Crippen LogP contribution in [0.1, 0.15) is 18.5 Å². The maximum absolute atomic E-state index is 11.5. The van der Waals surface area contributed by atoms with Gasteiger partial charge in [-0.15, -0.1) is 0 Å². The number of sulfonamides is 1. The highest BCUT2D eigenvalue weighted by Gasteiger charge is 2.26. The topological polar surface area (TPSA) is 63.2 Å². The molecule has 1 aliphatic heterocycles. The summed E-state index contributed by atoms with van der Waals surface area (Å²) in [4.78, 5) is 8.18. The van der Waals surface area contributed by atoms with Crippen molar-refractivity contribution in [2.45, 2.75) is 19.3 Å². The quantitative estimate of drug-likeness (QED) is 0.842. The predicted octanol–water partition coefficient (Wildman–Crippen LogP) is 1.34. The van der Waals surface area contributed by atoms with Crippen LogP contribution in [0.4, 0.5) is 0 Å². The Labute approximate surface area is 112 Å². The van der Waals surface area contributed by atoms with E-state index in [-0.39, 0.29) is 0 Å². The summed E-state index contributed by atoms with van der Waals surface area (Å²) in [6.45, 7) is 1.18. The molecule has 1 atom stereocenters. The van der Waals surface area contributed by atoms with E-state index in [0.29, 0.717) is 24.2 Å². The Kier molecular flexibility index (Phi) is 4.19. The van der Waals surface area contributed by atoms with Crippen molar-refractivity contribution >= 4 is 21.6 Å². The van der Waals surface area contributed by atoms with Crippen LogP contribution in [0.25, 0.3) is 0 Å². The monoisotopic (exact) mass is 289 g/mol. The van der Waals surface area contributed by atoms with E-state index in [4.69, 9.17) is 11.6 Å². The lowest BCUT2D eigenvalue weighted by atomic mass is 9.95. The number of aromatic nitrogens is 2. The number of hydrogen-bond acceptors (Lipinski definition) is 4. The third-order valence-corrected chi connectivity index (χ3v) is 4.56. The standard InChI is InChI=1S/C11H16ClN3O2S/c1-18(16,17)15-4-2-3-9(8-15)5-10-6-13-7-11(12)14-10/h6-7,9H,2-5,8H2,1H3. The van der Waals surface area contributed by atoms with Crippen LogP contribution in [0.2, 0.25) is 5.15 Å². The van der Waals surface area contributed by atoms with Gasteiger partial charge < -0.3 is 0 Å². The van der Waals surface area contributed by atoms with Gasteiger partial charge in [-0.25, -0.2) is 17.7 Å². The molecule has 7 heteroatoms. The number of rotatable bonds is 3. The van der Waals surface area contributed by atoms with Gasteiger partial charge >= 0.3 is 0 Å². The first-order valence-corrected chi connectivity index (χ1v) is 8.09. The lowest BCUT2D eigenvalue weighted by Gasteiger charge is -2.30. The van der Waals surface area contributed by atoms with E-state index in [2.05, 4.69) is 9.97 Å². The van der Waals surface area contributed by atoms with Crippen molar-refractivity contribution in [3.63, 3.8) is 0 Å². The number of halogens is 1. The average Bonchev–Trinajstić information content (AvgIpc) is 2.28. The van der Waals surface area contributed by atoms with Crippen molar-refractivity contribution in [3.05, 3.63) is 23.2 Å². The Morgan fingerprint density at radius 2 is 2.28 bits per heavy atom. The van der Waals surface area contributed by atoms with Gasteiger partial charge in [0.2, 0.25) is 10.0 Å². The predicted molar refractivity (Wildman–Crippen MR) is 69.9 cm³/mol. The fourth-order valence-corrected chi connectivity index (χ4v) is 3.38. The van der Waals surface area contributed by atoms with Gasteiger partial charge in [0.25, 0.3) is 0 Å². The van der Waals surface area contributed by atoms with Crippen LogP contribution in [0.3, 0.4) is 0 Å². The van der Waals surface area contributed by atoms with E-state index >= 15 is 0 Å². The normalized spacial score (nSPS) is 22.0. The zero-order chi connectivity index (χ0) is 13.2. The van der Waals surface area contributed by atoms with Crippen LogP contribution in [0.5, 0.6) is 0 Å². The van der Waals surface area contributed by atoms with Gasteiger partial charge in [-0.3, -0.25) is 4.98 Å². The molecule has 0 aromatic carbocycles. The molecule has 2 rings (SSSR count). The Morgan fingerprint density at radius 3 is 2.94 bits per heavy atom. The molecule has 18 heavy (non-hydrogen) atoms. The maximum Gasteiger partial charge on any atom is 0.211 e. The molecule has 1 unspecified atom stereocenters. The molecule has 1 fully saturated rings. The van der Waals surface area contributed by atoms with Crippen LogP contribution in [0, 0.1) is 5.92 Å². The first-order chi connectivity index (χ1) is 8.45. The summed E-state index contributed by atoms with van der Waals surface area (Å²) in [5.41, 5.74) is 0.822. The van der Waals surface area contributed by atoms with Crippen LogP contribution in [-0.2, 0) is 16.4 Å². The SMILES string of the molecule is CS(=O)(=O)N1CCCC(Cc2cncc(Cl)n2)C1. The molecular formula is C11H16ClN3O2S. The summed E-state index contributed by atoms with van der Waals surface area (Å²) in [6.07, 6.45) is 7.07. The molecule has 0 bridgehead atoms. The van der Waals surface area contributed by atoms with E-state index in [1.165, 1.54) is 12.5 Å². The highest BCUT2D eigenvalue weighted by Crippen LogP contribution is 2.21. The lowest BCUT2D eigenvalue weighted by molar-refractivity contribution is 0.265. The molecule has 0 spiro atoms. The maximum atomic E-state index is 11.5. The Balaban J connectivity index is 2.02. The molecule has 0 radical (unpaired) electrons. The van der Waals surface area contributed by atoms with Gasteiger partial charge in [-0.05, 0) is 25.2 Å². The van der Waals surface area contributed by atoms with Gasteiger partial charge in [0, 0.05) is 19.3 Å². The first-order valence-electron chi connectivity index (χ1n) is 5.86. The second kappa shape index (κ2) is 5.50. The van der Waals surface area contributed by atoms with Gasteiger partial charge in [0.05, 0.1) is 18.1 Å². The minimum Gasteiger partial charge on any atom is -0.260 e. The molecule has 1 aromatic heterocycles. The molecule has 0 amide bonds. The van der Waals surface area contributed by atoms with Crippen molar-refractivity contribution in [2.24, 2.45) is 5.92 Å². The summed E-state index contributed by atoms with van der Waals surface area (Å²) in [7, 11) is -3.09. The number of piperidine rings is 1. The van der Waals surface area contributed by atoms with Crippen LogP contribution in [0.15, 0.2) is 12.4 Å². The zero-order valence-electron chi connectivity index (χ0n) is 10.2. The number of hydrogen-bond donors (Lipinski definition) is 0. The van der Waals surface area contributed by atoms with Crippen LogP contribution in [-0.4, -0.2) is 42.0 Å². The van der Waals surface area contributed by atoms with Crippen molar-refractivity contribution < 1.29 is 8.42 Å². The molecule has 1 saturated heterocycles. The van der Waals surface area contributed by atoms with E-state index in [0.717, 1.165) is 25.0 Å². The van der Waals surface area contributed by atoms with E-state index < -0.39 is 10.0 Å². The summed E-state index contributed by atoms with van der Waals surface area (Å²) in [6, 6.07) is 0. The lowest BCUT2D eigenvalue weighted by Crippen LogP contribution is -2.39. The summed E-state index contributed by atoms with van der Waals surface area (Å²) < 4.78 is 24.6. The van der Waals surface area contributed by atoms with Crippen molar-refractivity contribution in [1.29, 1.82) is 0 Å². The van der Waals surface area contributed by atoms with E-state index in [9.17, 15) is 8.42 Å². The van der Waals surface area contributed by atoms with Crippen molar-refractivity contribution in [1.82, 2.24) is 14.3 Å². The highest BCUT2D eigenvalue weighted by molar-refractivity contribution is 7.88. The van der Waals surface area contributed by atoms with Gasteiger partial charge in [0.1, 0.15) is 5.15 Å². The van der Waals surface area contributed by atoms with Crippen LogP contribution < -0.4 is 0 Å². The summed E-state index contributed by atoms with van der Waals surface area (Å²) in [5.74, 6) is 0.293. The first kappa shape index (κ1) is 13.7.